The van der Waals surface area contributed by atoms with Crippen LogP contribution in [0.25, 0.3) is 0 Å². The van der Waals surface area contributed by atoms with Gasteiger partial charge in [-0.05, 0) is 11.8 Å². The Bertz CT molecular complexity index is 207. The SMILES string of the molecule is C[C@H]1[C@H](C)[C@@H](C)[Si](F)(F)[Si](F)(F)[C@@H]1C. The third-order valence-corrected chi connectivity index (χ3v) is 13.6. The van der Waals surface area contributed by atoms with E-state index < -0.39 is 27.6 Å². The summed E-state index contributed by atoms with van der Waals surface area (Å²) in [5, 5.41) is 0. The fourth-order valence-corrected chi connectivity index (χ4v) is 10.5. The van der Waals surface area contributed by atoms with Gasteiger partial charge in [0.25, 0.3) is 0 Å². The molecular weight excluding hydrogens is 228 g/mol. The molecule has 1 saturated heterocycles. The largest absolute Gasteiger partial charge is 0.480 e. The van der Waals surface area contributed by atoms with Gasteiger partial charge in [0.1, 0.15) is 0 Å². The molecule has 0 bridgehead atoms. The Hall–Kier alpha value is 0.154. The van der Waals surface area contributed by atoms with Crippen LogP contribution < -0.4 is 0 Å². The van der Waals surface area contributed by atoms with Gasteiger partial charge in [-0.25, -0.2) is 0 Å². The van der Waals surface area contributed by atoms with Gasteiger partial charge in [0.15, 0.2) is 0 Å². The highest BCUT2D eigenvalue weighted by Crippen LogP contribution is 2.55. The lowest BCUT2D eigenvalue weighted by molar-refractivity contribution is 0.293. The van der Waals surface area contributed by atoms with E-state index in [2.05, 4.69) is 0 Å². The van der Waals surface area contributed by atoms with Gasteiger partial charge in [-0.3, -0.25) is 16.4 Å². The molecule has 0 aromatic carbocycles. The molecule has 1 heterocycles. The van der Waals surface area contributed by atoms with Crippen molar-refractivity contribution in [1.29, 1.82) is 0 Å². The van der Waals surface area contributed by atoms with Crippen LogP contribution >= 0.6 is 0 Å². The van der Waals surface area contributed by atoms with E-state index in [0.717, 1.165) is 0 Å². The normalized spacial score (nSPS) is 46.3. The minimum absolute atomic E-state index is 0.279. The van der Waals surface area contributed by atoms with Gasteiger partial charge < -0.3 is 0 Å². The zero-order valence-electron chi connectivity index (χ0n) is 8.82. The number of rotatable bonds is 0. The first kappa shape index (κ1) is 12.2. The van der Waals surface area contributed by atoms with Crippen molar-refractivity contribution in [3.8, 4) is 0 Å². The van der Waals surface area contributed by atoms with Crippen LogP contribution in [0.2, 0.25) is 11.1 Å². The molecule has 6 heteroatoms. The van der Waals surface area contributed by atoms with Crippen LogP contribution in [0.15, 0.2) is 0 Å². The molecule has 0 aromatic rings. The highest BCUT2D eigenvalue weighted by atomic mass is 29.3. The molecule has 0 N–H and O–H groups in total. The Labute approximate surface area is 84.2 Å². The summed E-state index contributed by atoms with van der Waals surface area (Å²) in [6.45, 7) is 5.97. The molecule has 1 aliphatic heterocycles. The molecule has 14 heavy (non-hydrogen) atoms. The number of halogens is 4. The van der Waals surface area contributed by atoms with Crippen LogP contribution in [0.4, 0.5) is 16.4 Å². The lowest BCUT2D eigenvalue weighted by Gasteiger charge is -2.43. The minimum atomic E-state index is -5.28. The van der Waals surface area contributed by atoms with E-state index in [1.165, 1.54) is 13.8 Å². The summed E-state index contributed by atoms with van der Waals surface area (Å²) < 4.78 is 54.0. The van der Waals surface area contributed by atoms with E-state index in [4.69, 9.17) is 0 Å². The average Bonchev–Trinajstić information content (AvgIpc) is 2.10. The maximum absolute atomic E-state index is 13.5. The molecule has 1 rings (SSSR count). The maximum atomic E-state index is 13.5. The third-order valence-electron chi connectivity index (χ3n) is 3.99. The minimum Gasteiger partial charge on any atom is -0.268 e. The predicted octanol–water partition coefficient (Wildman–Crippen LogP) is 3.89. The first-order chi connectivity index (χ1) is 6.14. The summed E-state index contributed by atoms with van der Waals surface area (Å²) in [7, 11) is -10.6. The van der Waals surface area contributed by atoms with Crippen molar-refractivity contribution in [2.45, 2.75) is 38.8 Å². The van der Waals surface area contributed by atoms with Gasteiger partial charge >= 0.3 is 16.5 Å². The first-order valence-corrected chi connectivity index (χ1v) is 9.56. The lowest BCUT2D eigenvalue weighted by atomic mass is 9.90. The molecule has 0 radical (unpaired) electrons. The quantitative estimate of drug-likeness (QED) is 0.344. The highest BCUT2D eigenvalue weighted by molar-refractivity contribution is 7.32. The van der Waals surface area contributed by atoms with E-state index in [0.29, 0.717) is 0 Å². The molecule has 4 atom stereocenters. The number of hydrogen-bond donors (Lipinski definition) is 0. The molecule has 0 nitrogen and oxygen atoms in total. The highest BCUT2D eigenvalue weighted by Gasteiger charge is 2.75. The maximum Gasteiger partial charge on any atom is 0.480 e. The second kappa shape index (κ2) is 3.33. The predicted molar refractivity (Wildman–Crippen MR) is 53.1 cm³/mol. The average molecular weight is 244 g/mol. The molecule has 1 aliphatic rings. The summed E-state index contributed by atoms with van der Waals surface area (Å²) in [4.78, 5) is 0. The van der Waals surface area contributed by atoms with Crippen LogP contribution in [-0.4, -0.2) is 16.5 Å². The molecule has 1 fully saturated rings. The molecule has 0 unspecified atom stereocenters. The van der Waals surface area contributed by atoms with E-state index >= 15 is 0 Å². The van der Waals surface area contributed by atoms with Gasteiger partial charge in [-0.15, -0.1) is 0 Å². The van der Waals surface area contributed by atoms with Crippen LogP contribution in [0.5, 0.6) is 0 Å². The van der Waals surface area contributed by atoms with E-state index in [1.807, 2.05) is 0 Å². The monoisotopic (exact) mass is 244 g/mol. The summed E-state index contributed by atoms with van der Waals surface area (Å²) in [6.07, 6.45) is 0. The fourth-order valence-electron chi connectivity index (χ4n) is 2.18. The van der Waals surface area contributed by atoms with E-state index in [-0.39, 0.29) is 11.8 Å². The number of hydrogen-bond acceptors (Lipinski definition) is 0. The van der Waals surface area contributed by atoms with Gasteiger partial charge in [-0.2, -0.15) is 0 Å². The van der Waals surface area contributed by atoms with Crippen molar-refractivity contribution >= 4 is 16.5 Å². The van der Waals surface area contributed by atoms with E-state index in [9.17, 15) is 16.4 Å². The van der Waals surface area contributed by atoms with Crippen molar-refractivity contribution < 1.29 is 16.4 Å². The standard InChI is InChI=1S/C8H16F4Si2/c1-5-6(2)8(4)14(11,12)13(9,10)7(5)3/h5-8H,1-4H3/t5-,6-,7+,8+/m0/s1. The molecule has 0 saturated carbocycles. The van der Waals surface area contributed by atoms with Crippen LogP contribution in [-0.2, 0) is 0 Å². The molecule has 0 aromatic heterocycles. The molecule has 84 valence electrons. The molecule has 0 amide bonds. The topological polar surface area (TPSA) is 0 Å². The van der Waals surface area contributed by atoms with Crippen molar-refractivity contribution in [3.05, 3.63) is 0 Å². The van der Waals surface area contributed by atoms with Crippen molar-refractivity contribution in [2.75, 3.05) is 0 Å². The Kier molecular flexibility index (Phi) is 2.91. The van der Waals surface area contributed by atoms with Gasteiger partial charge in [0, 0.05) is 11.1 Å². The Morgan fingerprint density at radius 3 is 1.07 bits per heavy atom. The fraction of sp³-hybridized carbons (Fsp3) is 1.00. The summed E-state index contributed by atoms with van der Waals surface area (Å²) >= 11 is 0. The van der Waals surface area contributed by atoms with Crippen molar-refractivity contribution in [3.63, 3.8) is 0 Å². The third kappa shape index (κ3) is 1.38. The summed E-state index contributed by atoms with van der Waals surface area (Å²) in [5.41, 5.74) is -2.12. The molecule has 0 aliphatic carbocycles. The zero-order valence-corrected chi connectivity index (χ0v) is 10.8. The summed E-state index contributed by atoms with van der Waals surface area (Å²) in [6, 6.07) is 0. The smallest absolute Gasteiger partial charge is 0.268 e. The molecule has 0 spiro atoms. The van der Waals surface area contributed by atoms with Crippen LogP contribution in [0.3, 0.4) is 0 Å². The van der Waals surface area contributed by atoms with Crippen LogP contribution in [0, 0.1) is 11.8 Å². The second-order valence-electron chi connectivity index (χ2n) is 4.54. The van der Waals surface area contributed by atoms with Crippen molar-refractivity contribution in [2.24, 2.45) is 11.8 Å². The second-order valence-corrected chi connectivity index (χ2v) is 12.9. The zero-order chi connectivity index (χ0) is 11.3. The van der Waals surface area contributed by atoms with Gasteiger partial charge in [-0.1, -0.05) is 27.7 Å². The first-order valence-electron chi connectivity index (χ1n) is 4.89. The Morgan fingerprint density at radius 1 is 0.643 bits per heavy atom. The Morgan fingerprint density at radius 2 is 0.857 bits per heavy atom. The summed E-state index contributed by atoms with van der Waals surface area (Å²) in [5.74, 6) is -0.558. The molecular formula is C8H16F4Si2. The Balaban J connectivity index is 3.10. The van der Waals surface area contributed by atoms with Crippen molar-refractivity contribution in [1.82, 2.24) is 0 Å². The lowest BCUT2D eigenvalue weighted by Crippen LogP contribution is -2.63. The van der Waals surface area contributed by atoms with Gasteiger partial charge in [0.2, 0.25) is 0 Å². The van der Waals surface area contributed by atoms with E-state index in [1.54, 1.807) is 13.8 Å². The van der Waals surface area contributed by atoms with Crippen LogP contribution in [0.1, 0.15) is 27.7 Å². The van der Waals surface area contributed by atoms with Gasteiger partial charge in [0.05, 0.1) is 0 Å².